The average Bonchev–Trinajstić information content (AvgIpc) is 3.69. The van der Waals surface area contributed by atoms with Crippen LogP contribution in [0.2, 0.25) is 0 Å². The van der Waals surface area contributed by atoms with Crippen molar-refractivity contribution in [2.75, 3.05) is 12.5 Å². The topological polar surface area (TPSA) is 0 Å². The largest absolute Gasteiger partial charge is 0.268 e. The summed E-state index contributed by atoms with van der Waals surface area (Å²) in [7, 11) is 0. The number of thioether (sulfide) groups is 2. The van der Waals surface area contributed by atoms with Gasteiger partial charge in [0, 0.05) is 9.75 Å². The van der Waals surface area contributed by atoms with E-state index < -0.39 is 0 Å². The van der Waals surface area contributed by atoms with Crippen LogP contribution in [0.3, 0.4) is 0 Å². The maximum atomic E-state index is 2.55. The van der Waals surface area contributed by atoms with E-state index in [9.17, 15) is 0 Å². The molecule has 0 nitrogen and oxygen atoms in total. The second-order valence-corrected chi connectivity index (χ2v) is 18.2. The van der Waals surface area contributed by atoms with Crippen molar-refractivity contribution in [2.45, 2.75) is 33.1 Å². The predicted molar refractivity (Wildman–Crippen MR) is 172 cm³/mol. The average molecular weight is 615 g/mol. The van der Waals surface area contributed by atoms with E-state index in [2.05, 4.69) is 87.0 Å². The standard InChI is InChI=1S/C28H22S8/c1-27(25-31-17-9-5-6-10-18(17)32-25)23-15(13-21(29-3)35-23)16-14-22(30-4)36-24(16)28(27,2)26-33-19-11-7-8-12-20(19)34-26/h5-14H,1-4H3/q+2/t27-,28-/m0/s1. The minimum Gasteiger partial charge on any atom is -0.132 e. The van der Waals surface area contributed by atoms with Crippen LogP contribution < -0.4 is 0 Å². The van der Waals surface area contributed by atoms with Crippen molar-refractivity contribution in [3.63, 3.8) is 0 Å². The molecule has 4 aromatic heterocycles. The van der Waals surface area contributed by atoms with Crippen molar-refractivity contribution in [1.82, 2.24) is 0 Å². The van der Waals surface area contributed by atoms with Crippen LogP contribution in [0.5, 0.6) is 0 Å². The lowest BCUT2D eigenvalue weighted by molar-refractivity contribution is 0.392. The summed E-state index contributed by atoms with van der Waals surface area (Å²) >= 11 is 15.8. The SMILES string of the molecule is CSc1cc2c(s1)[C@@](C)(c1sc3ccccc3[s+]1)[C@](C)(c1sc3ccccc3[s+]1)c1sc(SC)cc1-2. The molecule has 2 aromatic carbocycles. The lowest BCUT2D eigenvalue weighted by atomic mass is 9.61. The first-order valence-corrected chi connectivity index (χ1v) is 18.8. The molecule has 8 heteroatoms. The Hall–Kier alpha value is -0.840. The van der Waals surface area contributed by atoms with Gasteiger partial charge in [0.25, 0.3) is 8.38 Å². The van der Waals surface area contributed by atoms with Gasteiger partial charge in [0.1, 0.15) is 10.8 Å². The Kier molecular flexibility index (Phi) is 5.95. The highest BCUT2D eigenvalue weighted by atomic mass is 32.2. The zero-order chi connectivity index (χ0) is 24.7. The first-order chi connectivity index (χ1) is 17.5. The predicted octanol–water partition coefficient (Wildman–Crippen LogP) is 11.7. The summed E-state index contributed by atoms with van der Waals surface area (Å²) in [5.74, 6) is 0. The maximum Gasteiger partial charge on any atom is 0.268 e. The summed E-state index contributed by atoms with van der Waals surface area (Å²) in [5.41, 5.74) is 2.60. The number of hydrogen-bond acceptors (Lipinski definition) is 6. The van der Waals surface area contributed by atoms with E-state index in [0.717, 1.165) is 0 Å². The lowest BCUT2D eigenvalue weighted by Crippen LogP contribution is -2.46. The zero-order valence-corrected chi connectivity index (χ0v) is 26.6. The van der Waals surface area contributed by atoms with Crippen LogP contribution in [0.4, 0.5) is 0 Å². The van der Waals surface area contributed by atoms with Crippen LogP contribution in [0.25, 0.3) is 29.9 Å². The second-order valence-electron chi connectivity index (χ2n) is 9.15. The van der Waals surface area contributed by atoms with Crippen LogP contribution in [0.1, 0.15) is 32.0 Å². The highest BCUT2D eigenvalue weighted by molar-refractivity contribution is 8.00. The van der Waals surface area contributed by atoms with Gasteiger partial charge in [-0.3, -0.25) is 0 Å². The van der Waals surface area contributed by atoms with Gasteiger partial charge in [0.05, 0.1) is 53.8 Å². The Balaban J connectivity index is 1.62. The monoisotopic (exact) mass is 614 g/mol. The third kappa shape index (κ3) is 3.29. The van der Waals surface area contributed by atoms with Gasteiger partial charge >= 0.3 is 0 Å². The Bertz CT molecular complexity index is 1570. The third-order valence-corrected chi connectivity index (χ3v) is 18.1. The quantitative estimate of drug-likeness (QED) is 0.143. The second kappa shape index (κ2) is 8.85. The zero-order valence-electron chi connectivity index (χ0n) is 20.0. The molecule has 0 unspecified atom stereocenters. The molecule has 180 valence electrons. The molecule has 0 radical (unpaired) electrons. The molecule has 0 N–H and O–H groups in total. The van der Waals surface area contributed by atoms with E-state index >= 15 is 0 Å². The summed E-state index contributed by atoms with van der Waals surface area (Å²) in [5, 5.41) is 0. The van der Waals surface area contributed by atoms with Gasteiger partial charge in [-0.25, -0.2) is 0 Å². The number of hydrogen-bond donors (Lipinski definition) is 0. The van der Waals surface area contributed by atoms with E-state index in [4.69, 9.17) is 0 Å². The van der Waals surface area contributed by atoms with E-state index in [1.807, 2.05) is 91.5 Å². The van der Waals surface area contributed by atoms with Gasteiger partial charge in [-0.2, -0.15) is 0 Å². The molecule has 0 fully saturated rings. The van der Waals surface area contributed by atoms with Crippen LogP contribution in [-0.4, -0.2) is 12.5 Å². The fraction of sp³-hybridized carbons (Fsp3) is 0.214. The molecular formula is C28H22S8+2. The molecule has 2 atom stereocenters. The number of benzene rings is 2. The highest BCUT2D eigenvalue weighted by Gasteiger charge is 2.64. The van der Waals surface area contributed by atoms with Crippen LogP contribution in [-0.2, 0) is 10.8 Å². The first-order valence-electron chi connectivity index (χ1n) is 11.5. The van der Waals surface area contributed by atoms with Crippen molar-refractivity contribution in [3.05, 3.63) is 78.8 Å². The first kappa shape index (κ1) is 24.2. The molecule has 6 aromatic rings. The smallest absolute Gasteiger partial charge is 0.132 e. The van der Waals surface area contributed by atoms with Crippen molar-refractivity contribution in [3.8, 4) is 11.1 Å². The molecule has 4 heterocycles. The van der Waals surface area contributed by atoms with Gasteiger partial charge in [0.2, 0.25) is 0 Å². The van der Waals surface area contributed by atoms with Crippen molar-refractivity contribution in [2.24, 2.45) is 0 Å². The van der Waals surface area contributed by atoms with E-state index in [-0.39, 0.29) is 10.8 Å². The lowest BCUT2D eigenvalue weighted by Gasteiger charge is -2.42. The number of fused-ring (bicyclic) bond motifs is 5. The minimum absolute atomic E-state index is 0.153. The fourth-order valence-electron chi connectivity index (χ4n) is 5.22. The Morgan fingerprint density at radius 1 is 0.611 bits per heavy atom. The van der Waals surface area contributed by atoms with Crippen molar-refractivity contribution < 1.29 is 0 Å². The molecule has 0 saturated heterocycles. The minimum atomic E-state index is -0.153. The van der Waals surface area contributed by atoms with E-state index in [1.165, 1.54) is 56.5 Å². The molecule has 0 bridgehead atoms. The fourth-order valence-corrected chi connectivity index (χ4v) is 15.5. The molecule has 0 amide bonds. The maximum absolute atomic E-state index is 2.55. The summed E-state index contributed by atoms with van der Waals surface area (Å²) in [6.45, 7) is 5.10. The molecule has 0 saturated carbocycles. The Morgan fingerprint density at radius 3 is 1.42 bits per heavy atom. The van der Waals surface area contributed by atoms with Crippen molar-refractivity contribution in [1.29, 1.82) is 0 Å². The van der Waals surface area contributed by atoms with Gasteiger partial charge in [-0.15, -0.1) is 46.2 Å². The normalized spacial score (nSPS) is 21.2. The van der Waals surface area contributed by atoms with Crippen LogP contribution in [0.15, 0.2) is 69.1 Å². The van der Waals surface area contributed by atoms with Gasteiger partial charge in [-0.1, -0.05) is 24.3 Å². The summed E-state index contributed by atoms with van der Waals surface area (Å²) in [6, 6.07) is 22.8. The molecule has 36 heavy (non-hydrogen) atoms. The highest BCUT2D eigenvalue weighted by Crippen LogP contribution is 2.67. The third-order valence-electron chi connectivity index (χ3n) is 7.35. The Morgan fingerprint density at radius 2 is 1.03 bits per heavy atom. The molecular weight excluding hydrogens is 593 g/mol. The van der Waals surface area contributed by atoms with E-state index in [1.54, 1.807) is 0 Å². The van der Waals surface area contributed by atoms with Crippen LogP contribution in [0, 0.1) is 0 Å². The molecule has 1 aliphatic rings. The van der Waals surface area contributed by atoms with Crippen LogP contribution >= 0.6 is 91.5 Å². The summed E-state index contributed by atoms with van der Waals surface area (Å²) in [4.78, 5) is 3.06. The molecule has 1 aliphatic carbocycles. The molecule has 0 aliphatic heterocycles. The Labute approximate surface area is 243 Å². The van der Waals surface area contributed by atoms with E-state index in [0.29, 0.717) is 0 Å². The molecule has 7 rings (SSSR count). The van der Waals surface area contributed by atoms with Gasteiger partial charge in [-0.05, 0) is 73.9 Å². The molecule has 0 spiro atoms. The summed E-state index contributed by atoms with van der Waals surface area (Å²) < 4.78 is 11.4. The summed E-state index contributed by atoms with van der Waals surface area (Å²) in [6.07, 6.45) is 4.43. The number of thiophene rings is 2. The number of rotatable bonds is 4. The van der Waals surface area contributed by atoms with Crippen molar-refractivity contribution >= 4 is 110 Å². The van der Waals surface area contributed by atoms with Gasteiger partial charge < -0.3 is 0 Å². The van der Waals surface area contributed by atoms with Gasteiger partial charge in [0.15, 0.2) is 18.8 Å².